The van der Waals surface area contributed by atoms with Crippen molar-refractivity contribution in [3.63, 3.8) is 0 Å². The van der Waals surface area contributed by atoms with E-state index in [1.54, 1.807) is 11.8 Å². The molecular weight excluding hydrogens is 526 g/mol. The summed E-state index contributed by atoms with van der Waals surface area (Å²) in [5.74, 6) is -0.510. The van der Waals surface area contributed by atoms with Gasteiger partial charge in [0.1, 0.15) is 5.69 Å². The Balaban J connectivity index is 2.09. The number of aromatic nitrogens is 2. The van der Waals surface area contributed by atoms with Gasteiger partial charge in [-0.2, -0.15) is 0 Å². The second-order valence-electron chi connectivity index (χ2n) is 9.61. The molecule has 0 spiro atoms. The first kappa shape index (κ1) is 36.0. The Kier molecular flexibility index (Phi) is 21.1. The lowest BCUT2D eigenvalue weighted by atomic mass is 10.2. The fourth-order valence-corrected chi connectivity index (χ4v) is 3.60. The lowest BCUT2D eigenvalue weighted by molar-refractivity contribution is -0.129. The van der Waals surface area contributed by atoms with Gasteiger partial charge < -0.3 is 15.5 Å². The molecule has 1 aromatic rings. The molecule has 2 N–H and O–H groups in total. The van der Waals surface area contributed by atoms with Gasteiger partial charge in [0.2, 0.25) is 11.8 Å². The highest BCUT2D eigenvalue weighted by Crippen LogP contribution is 1.98. The Morgan fingerprint density at radius 3 is 1.69 bits per heavy atom. The standard InChI is InChI=1S/C34H49N5O3/c1-4-5-6-7-8-9-10-11-12-13-14-15-16-17-18-19-20-21-22-23-33(41)35-24-26-39(31(3)40)27-25-36-34(42)32-29-37-30(2)28-38-32/h5-6,8-9,11-12,14-15,17-18,20-21,28-29H,4,7,10,13,16,19,22-27H2,1-3H3,(H,35,41)(H,36,42). The highest BCUT2D eigenvalue weighted by atomic mass is 16.2. The van der Waals surface area contributed by atoms with Crippen LogP contribution < -0.4 is 10.6 Å². The van der Waals surface area contributed by atoms with Gasteiger partial charge in [0.05, 0.1) is 11.9 Å². The molecule has 8 nitrogen and oxygen atoms in total. The molecule has 3 amide bonds. The van der Waals surface area contributed by atoms with Crippen LogP contribution in [-0.2, 0) is 9.59 Å². The highest BCUT2D eigenvalue weighted by molar-refractivity contribution is 5.91. The summed E-state index contributed by atoms with van der Waals surface area (Å²) in [6.45, 7) is 6.77. The third kappa shape index (κ3) is 19.9. The minimum Gasteiger partial charge on any atom is -0.354 e. The topological polar surface area (TPSA) is 104 Å². The highest BCUT2D eigenvalue weighted by Gasteiger charge is 2.11. The van der Waals surface area contributed by atoms with E-state index in [2.05, 4.69) is 94.4 Å². The van der Waals surface area contributed by atoms with E-state index < -0.39 is 0 Å². The normalized spacial score (nSPS) is 12.1. The Morgan fingerprint density at radius 1 is 0.714 bits per heavy atom. The van der Waals surface area contributed by atoms with E-state index in [1.165, 1.54) is 19.3 Å². The predicted molar refractivity (Wildman–Crippen MR) is 172 cm³/mol. The molecule has 228 valence electrons. The molecule has 0 radical (unpaired) electrons. The van der Waals surface area contributed by atoms with Crippen LogP contribution in [0.2, 0.25) is 0 Å². The molecule has 1 rings (SSSR count). The molecule has 1 aromatic heterocycles. The first-order valence-electron chi connectivity index (χ1n) is 14.9. The molecule has 42 heavy (non-hydrogen) atoms. The molecular formula is C34H49N5O3. The summed E-state index contributed by atoms with van der Waals surface area (Å²) in [4.78, 5) is 45.8. The maximum absolute atomic E-state index is 12.1. The summed E-state index contributed by atoms with van der Waals surface area (Å²) in [6, 6.07) is 0. The summed E-state index contributed by atoms with van der Waals surface area (Å²) >= 11 is 0. The van der Waals surface area contributed by atoms with Crippen LogP contribution in [0, 0.1) is 6.92 Å². The average Bonchev–Trinajstić information content (AvgIpc) is 2.97. The number of hydrogen-bond acceptors (Lipinski definition) is 5. The van der Waals surface area contributed by atoms with E-state index in [0.29, 0.717) is 32.5 Å². The minimum absolute atomic E-state index is 0.0516. The predicted octanol–water partition coefficient (Wildman–Crippen LogP) is 5.96. The molecule has 0 aliphatic heterocycles. The van der Waals surface area contributed by atoms with Crippen molar-refractivity contribution in [2.24, 2.45) is 0 Å². The third-order valence-electron chi connectivity index (χ3n) is 5.96. The number of rotatable bonds is 21. The van der Waals surface area contributed by atoms with E-state index in [0.717, 1.165) is 44.2 Å². The maximum atomic E-state index is 12.1. The van der Waals surface area contributed by atoms with Crippen molar-refractivity contribution in [1.82, 2.24) is 25.5 Å². The van der Waals surface area contributed by atoms with Gasteiger partial charge >= 0.3 is 0 Å². The summed E-state index contributed by atoms with van der Waals surface area (Å²) in [5.41, 5.74) is 0.961. The molecule has 0 aliphatic carbocycles. The molecule has 0 fully saturated rings. The number of allylic oxidation sites excluding steroid dienone is 12. The number of carbonyl (C=O) groups excluding carboxylic acids is 3. The Hall–Kier alpha value is -4.07. The quantitative estimate of drug-likeness (QED) is 0.176. The smallest absolute Gasteiger partial charge is 0.271 e. The number of hydrogen-bond donors (Lipinski definition) is 2. The van der Waals surface area contributed by atoms with Crippen molar-refractivity contribution >= 4 is 17.7 Å². The van der Waals surface area contributed by atoms with Gasteiger partial charge in [-0.1, -0.05) is 79.8 Å². The summed E-state index contributed by atoms with van der Waals surface area (Å²) in [5, 5.41) is 5.59. The number of nitrogens with zero attached hydrogens (tertiary/aromatic N) is 3. The summed E-state index contributed by atoms with van der Waals surface area (Å²) in [6.07, 6.45) is 35.7. The van der Waals surface area contributed by atoms with Gasteiger partial charge in [0.25, 0.3) is 5.91 Å². The third-order valence-corrected chi connectivity index (χ3v) is 5.96. The molecule has 8 heteroatoms. The van der Waals surface area contributed by atoms with Gasteiger partial charge in [0.15, 0.2) is 0 Å². The second-order valence-corrected chi connectivity index (χ2v) is 9.61. The van der Waals surface area contributed by atoms with Crippen molar-refractivity contribution in [3.05, 3.63) is 96.7 Å². The van der Waals surface area contributed by atoms with Crippen LogP contribution in [0.3, 0.4) is 0 Å². The first-order valence-corrected chi connectivity index (χ1v) is 14.9. The number of carbonyl (C=O) groups is 3. The fraction of sp³-hybridized carbons (Fsp3) is 0.441. The Labute approximate surface area is 252 Å². The van der Waals surface area contributed by atoms with Crippen LogP contribution in [0.5, 0.6) is 0 Å². The van der Waals surface area contributed by atoms with Crippen molar-refractivity contribution < 1.29 is 14.4 Å². The Morgan fingerprint density at radius 2 is 1.21 bits per heavy atom. The van der Waals surface area contributed by atoms with Crippen molar-refractivity contribution in [2.45, 2.75) is 72.1 Å². The van der Waals surface area contributed by atoms with E-state index >= 15 is 0 Å². The first-order chi connectivity index (χ1) is 20.4. The largest absolute Gasteiger partial charge is 0.354 e. The molecule has 0 aliphatic rings. The fourth-order valence-electron chi connectivity index (χ4n) is 3.60. The molecule has 0 aromatic carbocycles. The lowest BCUT2D eigenvalue weighted by Crippen LogP contribution is -2.41. The lowest BCUT2D eigenvalue weighted by Gasteiger charge is -2.21. The number of aryl methyl sites for hydroxylation is 1. The number of amides is 3. The van der Waals surface area contributed by atoms with Gasteiger partial charge in [-0.15, -0.1) is 0 Å². The van der Waals surface area contributed by atoms with Crippen molar-refractivity contribution in [3.8, 4) is 0 Å². The van der Waals surface area contributed by atoms with E-state index in [9.17, 15) is 14.4 Å². The van der Waals surface area contributed by atoms with Gasteiger partial charge in [-0.3, -0.25) is 19.4 Å². The van der Waals surface area contributed by atoms with Crippen LogP contribution in [-0.4, -0.2) is 58.8 Å². The van der Waals surface area contributed by atoms with Gasteiger partial charge in [0, 0.05) is 45.7 Å². The molecule has 0 bridgehead atoms. The number of nitrogens with one attached hydrogen (secondary N) is 2. The second kappa shape index (κ2) is 24.7. The van der Waals surface area contributed by atoms with E-state index in [4.69, 9.17) is 0 Å². The Bertz CT molecular complexity index is 1080. The van der Waals surface area contributed by atoms with E-state index in [1.807, 2.05) is 6.08 Å². The van der Waals surface area contributed by atoms with Crippen LogP contribution in [0.15, 0.2) is 85.3 Å². The van der Waals surface area contributed by atoms with Crippen LogP contribution in [0.25, 0.3) is 0 Å². The zero-order valence-electron chi connectivity index (χ0n) is 25.6. The average molecular weight is 576 g/mol. The monoisotopic (exact) mass is 575 g/mol. The zero-order valence-corrected chi connectivity index (χ0v) is 25.6. The summed E-state index contributed by atoms with van der Waals surface area (Å²) in [7, 11) is 0. The molecule has 0 saturated heterocycles. The minimum atomic E-state index is -0.339. The summed E-state index contributed by atoms with van der Waals surface area (Å²) < 4.78 is 0. The van der Waals surface area contributed by atoms with Crippen LogP contribution in [0.4, 0.5) is 0 Å². The zero-order chi connectivity index (χ0) is 30.7. The molecule has 0 unspecified atom stereocenters. The van der Waals surface area contributed by atoms with Crippen molar-refractivity contribution in [2.75, 3.05) is 26.2 Å². The van der Waals surface area contributed by atoms with Crippen LogP contribution in [0.1, 0.15) is 81.4 Å². The van der Waals surface area contributed by atoms with Gasteiger partial charge in [-0.25, -0.2) is 4.98 Å². The molecule has 1 heterocycles. The van der Waals surface area contributed by atoms with E-state index in [-0.39, 0.29) is 30.0 Å². The molecule has 0 atom stereocenters. The molecule has 0 saturated carbocycles. The van der Waals surface area contributed by atoms with Crippen molar-refractivity contribution in [1.29, 1.82) is 0 Å². The maximum Gasteiger partial charge on any atom is 0.271 e. The van der Waals surface area contributed by atoms with Crippen LogP contribution >= 0.6 is 0 Å². The SMILES string of the molecule is CCC=CCC=CCC=CCC=CCC=CCC=CCCC(=O)NCCN(CCNC(=O)c1cnc(C)cn1)C(C)=O. The van der Waals surface area contributed by atoms with Gasteiger partial charge in [-0.05, 0) is 51.9 Å².